The van der Waals surface area contributed by atoms with Gasteiger partial charge in [0.25, 0.3) is 5.91 Å². The zero-order valence-corrected chi connectivity index (χ0v) is 12.2. The van der Waals surface area contributed by atoms with Crippen molar-refractivity contribution in [3.05, 3.63) is 57.5 Å². The van der Waals surface area contributed by atoms with E-state index < -0.39 is 17.7 Å². The number of aryl methyl sites for hydroxylation is 1. The van der Waals surface area contributed by atoms with Gasteiger partial charge in [0.05, 0.1) is 12.1 Å². The van der Waals surface area contributed by atoms with Gasteiger partial charge in [-0.05, 0) is 36.1 Å². The Labute approximate surface area is 125 Å². The Morgan fingerprint density at radius 3 is 2.81 bits per heavy atom. The summed E-state index contributed by atoms with van der Waals surface area (Å²) in [7, 11) is 0. The van der Waals surface area contributed by atoms with Crippen molar-refractivity contribution >= 4 is 23.2 Å². The Kier molecular flexibility index (Phi) is 5.05. The van der Waals surface area contributed by atoms with E-state index in [1.165, 1.54) is 23.5 Å². The molecule has 6 heteroatoms. The van der Waals surface area contributed by atoms with Gasteiger partial charge in [-0.3, -0.25) is 4.79 Å². The number of hydrogen-bond donors (Lipinski definition) is 1. The molecule has 1 aromatic carbocycles. The maximum atomic E-state index is 13.3. The van der Waals surface area contributed by atoms with Crippen molar-refractivity contribution in [1.82, 2.24) is 5.32 Å². The van der Waals surface area contributed by atoms with Gasteiger partial charge in [-0.15, -0.1) is 11.3 Å². The maximum absolute atomic E-state index is 13.3. The standard InChI is InChI=1S/C15H14FNO3S/c1-10-4-5-11(7-13(10)16)15(19)20-9-14(18)17-8-12-3-2-6-21-12/h2-7H,8-9H2,1H3,(H,17,18). The number of benzene rings is 1. The van der Waals surface area contributed by atoms with E-state index in [4.69, 9.17) is 4.74 Å². The second-order valence-corrected chi connectivity index (χ2v) is 5.43. The van der Waals surface area contributed by atoms with E-state index >= 15 is 0 Å². The van der Waals surface area contributed by atoms with Gasteiger partial charge in [-0.1, -0.05) is 12.1 Å². The molecule has 21 heavy (non-hydrogen) atoms. The summed E-state index contributed by atoms with van der Waals surface area (Å²) in [4.78, 5) is 24.2. The Bertz CT molecular complexity index is 640. The first-order chi connectivity index (χ1) is 10.1. The molecule has 0 saturated carbocycles. The average Bonchev–Trinajstić information content (AvgIpc) is 2.98. The van der Waals surface area contributed by atoms with E-state index in [1.54, 1.807) is 6.92 Å². The lowest BCUT2D eigenvalue weighted by molar-refractivity contribution is -0.124. The topological polar surface area (TPSA) is 55.4 Å². The molecule has 0 spiro atoms. The van der Waals surface area contributed by atoms with Crippen LogP contribution in [0.3, 0.4) is 0 Å². The van der Waals surface area contributed by atoms with Crippen molar-refractivity contribution in [1.29, 1.82) is 0 Å². The summed E-state index contributed by atoms with van der Waals surface area (Å²) < 4.78 is 18.2. The molecule has 1 aromatic heterocycles. The quantitative estimate of drug-likeness (QED) is 0.864. The molecule has 2 rings (SSSR count). The van der Waals surface area contributed by atoms with Crippen molar-refractivity contribution < 1.29 is 18.7 Å². The van der Waals surface area contributed by atoms with Crippen LogP contribution in [0.25, 0.3) is 0 Å². The van der Waals surface area contributed by atoms with E-state index in [0.29, 0.717) is 12.1 Å². The molecule has 1 amide bonds. The van der Waals surface area contributed by atoms with Crippen LogP contribution < -0.4 is 5.32 Å². The molecule has 2 aromatic rings. The molecular formula is C15H14FNO3S. The number of carbonyl (C=O) groups excluding carboxylic acids is 2. The molecular weight excluding hydrogens is 293 g/mol. The summed E-state index contributed by atoms with van der Waals surface area (Å²) in [6.45, 7) is 1.61. The van der Waals surface area contributed by atoms with Crippen molar-refractivity contribution in [2.24, 2.45) is 0 Å². The van der Waals surface area contributed by atoms with E-state index in [0.717, 1.165) is 10.9 Å². The Balaban J connectivity index is 1.80. The highest BCUT2D eigenvalue weighted by atomic mass is 32.1. The highest BCUT2D eigenvalue weighted by Crippen LogP contribution is 2.10. The second-order valence-electron chi connectivity index (χ2n) is 4.40. The molecule has 0 fully saturated rings. The number of hydrogen-bond acceptors (Lipinski definition) is 4. The summed E-state index contributed by atoms with van der Waals surface area (Å²) >= 11 is 1.52. The van der Waals surface area contributed by atoms with Crippen molar-refractivity contribution in [2.45, 2.75) is 13.5 Å². The Morgan fingerprint density at radius 2 is 2.14 bits per heavy atom. The van der Waals surface area contributed by atoms with Crippen LogP contribution in [0.1, 0.15) is 20.8 Å². The van der Waals surface area contributed by atoms with Gasteiger partial charge in [-0.25, -0.2) is 9.18 Å². The third-order valence-electron chi connectivity index (χ3n) is 2.78. The molecule has 0 atom stereocenters. The monoisotopic (exact) mass is 307 g/mol. The number of halogens is 1. The summed E-state index contributed by atoms with van der Waals surface area (Å²) in [6, 6.07) is 7.83. The smallest absolute Gasteiger partial charge is 0.338 e. The Morgan fingerprint density at radius 1 is 1.33 bits per heavy atom. The van der Waals surface area contributed by atoms with Crippen LogP contribution in [0.4, 0.5) is 4.39 Å². The second kappa shape index (κ2) is 6.99. The lowest BCUT2D eigenvalue weighted by Crippen LogP contribution is -2.28. The van der Waals surface area contributed by atoms with Crippen LogP contribution in [0.15, 0.2) is 35.7 Å². The number of esters is 1. The third-order valence-corrected chi connectivity index (χ3v) is 3.66. The van der Waals surface area contributed by atoms with Gasteiger partial charge in [-0.2, -0.15) is 0 Å². The molecule has 0 aliphatic carbocycles. The van der Waals surface area contributed by atoms with E-state index in [2.05, 4.69) is 5.32 Å². The number of thiophene rings is 1. The normalized spacial score (nSPS) is 10.2. The molecule has 0 unspecified atom stereocenters. The van der Waals surface area contributed by atoms with Gasteiger partial charge in [0.1, 0.15) is 5.82 Å². The molecule has 0 saturated heterocycles. The lowest BCUT2D eigenvalue weighted by Gasteiger charge is -2.06. The van der Waals surface area contributed by atoms with Crippen molar-refractivity contribution in [3.63, 3.8) is 0 Å². The number of rotatable bonds is 5. The van der Waals surface area contributed by atoms with Crippen LogP contribution >= 0.6 is 11.3 Å². The summed E-state index contributed by atoms with van der Waals surface area (Å²) in [5.41, 5.74) is 0.532. The minimum Gasteiger partial charge on any atom is -0.452 e. The average molecular weight is 307 g/mol. The fourth-order valence-corrected chi connectivity index (χ4v) is 2.23. The summed E-state index contributed by atoms with van der Waals surface area (Å²) in [5, 5.41) is 4.54. The minimum atomic E-state index is -0.722. The first-order valence-electron chi connectivity index (χ1n) is 6.28. The van der Waals surface area contributed by atoms with Crippen molar-refractivity contribution in [2.75, 3.05) is 6.61 Å². The van der Waals surface area contributed by atoms with Gasteiger partial charge >= 0.3 is 5.97 Å². The van der Waals surface area contributed by atoms with Crippen molar-refractivity contribution in [3.8, 4) is 0 Å². The zero-order valence-electron chi connectivity index (χ0n) is 11.4. The predicted octanol–water partition coefficient (Wildman–Crippen LogP) is 2.67. The lowest BCUT2D eigenvalue weighted by atomic mass is 10.1. The first-order valence-corrected chi connectivity index (χ1v) is 7.16. The molecule has 4 nitrogen and oxygen atoms in total. The number of amides is 1. The zero-order chi connectivity index (χ0) is 15.2. The van der Waals surface area contributed by atoms with Gasteiger partial charge in [0.2, 0.25) is 0 Å². The first kappa shape index (κ1) is 15.2. The molecule has 0 bridgehead atoms. The molecule has 110 valence electrons. The summed E-state index contributed by atoms with van der Waals surface area (Å²) in [5.74, 6) is -1.60. The highest BCUT2D eigenvalue weighted by molar-refractivity contribution is 7.09. The van der Waals surface area contributed by atoms with Crippen LogP contribution in [0.5, 0.6) is 0 Å². The Hall–Kier alpha value is -2.21. The third kappa shape index (κ3) is 4.39. The molecule has 0 radical (unpaired) electrons. The molecule has 0 aliphatic heterocycles. The van der Waals surface area contributed by atoms with Crippen LogP contribution in [0.2, 0.25) is 0 Å². The number of carbonyl (C=O) groups is 2. The molecule has 1 N–H and O–H groups in total. The van der Waals surface area contributed by atoms with E-state index in [1.807, 2.05) is 17.5 Å². The van der Waals surface area contributed by atoms with Crippen LogP contribution in [0, 0.1) is 12.7 Å². The maximum Gasteiger partial charge on any atom is 0.338 e. The number of ether oxygens (including phenoxy) is 1. The largest absolute Gasteiger partial charge is 0.452 e. The minimum absolute atomic E-state index is 0.0872. The number of nitrogens with one attached hydrogen (secondary N) is 1. The molecule has 0 aliphatic rings. The highest BCUT2D eigenvalue weighted by Gasteiger charge is 2.11. The van der Waals surface area contributed by atoms with Gasteiger partial charge in [0, 0.05) is 4.88 Å². The van der Waals surface area contributed by atoms with Crippen LogP contribution in [-0.2, 0) is 16.1 Å². The van der Waals surface area contributed by atoms with Gasteiger partial charge in [0.15, 0.2) is 6.61 Å². The predicted molar refractivity (Wildman–Crippen MR) is 77.6 cm³/mol. The molecule has 1 heterocycles. The fraction of sp³-hybridized carbons (Fsp3) is 0.200. The fourth-order valence-electron chi connectivity index (χ4n) is 1.58. The summed E-state index contributed by atoms with van der Waals surface area (Å²) in [6.07, 6.45) is 0. The van der Waals surface area contributed by atoms with E-state index in [-0.39, 0.29) is 12.2 Å². The van der Waals surface area contributed by atoms with E-state index in [9.17, 15) is 14.0 Å². The SMILES string of the molecule is Cc1ccc(C(=O)OCC(=O)NCc2cccs2)cc1F. The van der Waals surface area contributed by atoms with Crippen LogP contribution in [-0.4, -0.2) is 18.5 Å². The van der Waals surface area contributed by atoms with Gasteiger partial charge < -0.3 is 10.1 Å².